The smallest absolute Gasteiger partial charge is 0.373 e. The number of fused-ring (bicyclic) bond motifs is 1. The fourth-order valence-corrected chi connectivity index (χ4v) is 3.85. The largest absolute Gasteiger partial charge is 0.426 e. The molecular weight excluding hydrogens is 413 g/mol. The molecule has 1 amide bonds. The third-order valence-corrected chi connectivity index (χ3v) is 5.83. The molecule has 1 heterocycles. The fraction of sp³-hybridized carbons (Fsp3) is 0.318. The second kappa shape index (κ2) is 7.19. The maximum atomic E-state index is 13.9. The summed E-state index contributed by atoms with van der Waals surface area (Å²) in [6, 6.07) is 12.5. The number of nitrogens with one attached hydrogen (secondary N) is 1. The van der Waals surface area contributed by atoms with Crippen LogP contribution in [0.2, 0.25) is 0 Å². The number of carbonyl (C=O) groups excluding carboxylic acids is 1. The monoisotopic (exact) mass is 432 g/mol. The van der Waals surface area contributed by atoms with Gasteiger partial charge in [0, 0.05) is 17.5 Å². The van der Waals surface area contributed by atoms with Crippen LogP contribution in [0.3, 0.4) is 0 Å². The van der Waals surface area contributed by atoms with Crippen LogP contribution in [0.15, 0.2) is 57.8 Å². The molecule has 2 N–H and O–H groups in total. The number of anilines is 1. The van der Waals surface area contributed by atoms with Crippen molar-refractivity contribution in [3.05, 3.63) is 70.2 Å². The molecule has 4 rings (SSSR count). The molecule has 2 aromatic carbocycles. The molecule has 0 bridgehead atoms. The quantitative estimate of drug-likeness (QED) is 0.639. The highest BCUT2D eigenvalue weighted by molar-refractivity contribution is 6.00. The normalized spacial score (nSPS) is 17.2. The number of aryl methyl sites for hydroxylation is 1. The molecule has 162 valence electrons. The first-order valence-electron chi connectivity index (χ1n) is 9.62. The Morgan fingerprint density at radius 2 is 1.84 bits per heavy atom. The molecule has 1 fully saturated rings. The third-order valence-electron chi connectivity index (χ3n) is 5.83. The Morgan fingerprint density at radius 1 is 1.16 bits per heavy atom. The van der Waals surface area contributed by atoms with Gasteiger partial charge in [-0.25, -0.2) is 4.79 Å². The summed E-state index contributed by atoms with van der Waals surface area (Å²) in [7, 11) is 0. The Balaban J connectivity index is 1.66. The van der Waals surface area contributed by atoms with Crippen molar-refractivity contribution < 1.29 is 27.6 Å². The van der Waals surface area contributed by atoms with Gasteiger partial charge in [-0.1, -0.05) is 35.5 Å². The number of aromatic nitrogens is 1. The van der Waals surface area contributed by atoms with Crippen LogP contribution in [-0.4, -0.2) is 27.9 Å². The fourth-order valence-electron chi connectivity index (χ4n) is 3.85. The van der Waals surface area contributed by atoms with Gasteiger partial charge in [-0.3, -0.25) is 4.79 Å². The zero-order valence-corrected chi connectivity index (χ0v) is 16.5. The van der Waals surface area contributed by atoms with Gasteiger partial charge in [0.05, 0.1) is 11.1 Å². The molecule has 0 saturated heterocycles. The summed E-state index contributed by atoms with van der Waals surface area (Å²) >= 11 is 0. The number of benzene rings is 2. The SMILES string of the molecule is Cc1noc(=O)c2ccc(NC(=O)C(O)(CC3(c4ccccc4)CC3)C(F)(F)F)cc12. The maximum Gasteiger partial charge on any atom is 0.426 e. The Hall–Kier alpha value is -3.20. The average molecular weight is 432 g/mol. The number of nitrogens with zero attached hydrogens (tertiary/aromatic N) is 1. The molecule has 3 aromatic rings. The summed E-state index contributed by atoms with van der Waals surface area (Å²) in [4.78, 5) is 24.5. The van der Waals surface area contributed by atoms with E-state index in [1.807, 2.05) is 0 Å². The summed E-state index contributed by atoms with van der Waals surface area (Å²) in [5, 5.41) is 16.9. The van der Waals surface area contributed by atoms with Crippen molar-refractivity contribution in [2.75, 3.05) is 5.32 Å². The van der Waals surface area contributed by atoms with Crippen LogP contribution in [-0.2, 0) is 10.2 Å². The number of hydrogen-bond donors (Lipinski definition) is 2. The lowest BCUT2D eigenvalue weighted by Gasteiger charge is -2.33. The molecule has 1 saturated carbocycles. The van der Waals surface area contributed by atoms with Crippen molar-refractivity contribution >= 4 is 22.4 Å². The first kappa shape index (κ1) is 21.0. The van der Waals surface area contributed by atoms with Crippen molar-refractivity contribution in [3.8, 4) is 0 Å². The minimum atomic E-state index is -5.18. The predicted octanol–water partition coefficient (Wildman–Crippen LogP) is 3.85. The van der Waals surface area contributed by atoms with Gasteiger partial charge in [0.25, 0.3) is 5.91 Å². The van der Waals surface area contributed by atoms with E-state index in [2.05, 4.69) is 15.0 Å². The number of alkyl halides is 3. The lowest BCUT2D eigenvalue weighted by Crippen LogP contribution is -2.56. The zero-order valence-electron chi connectivity index (χ0n) is 16.5. The van der Waals surface area contributed by atoms with E-state index < -0.39 is 35.1 Å². The molecule has 1 aliphatic carbocycles. The lowest BCUT2D eigenvalue weighted by molar-refractivity contribution is -0.253. The van der Waals surface area contributed by atoms with Crippen molar-refractivity contribution in [2.45, 2.75) is 43.4 Å². The minimum Gasteiger partial charge on any atom is -0.373 e. The molecule has 1 unspecified atom stereocenters. The summed E-state index contributed by atoms with van der Waals surface area (Å²) in [5.74, 6) is -1.57. The predicted molar refractivity (Wildman–Crippen MR) is 107 cm³/mol. The van der Waals surface area contributed by atoms with Gasteiger partial charge >= 0.3 is 11.8 Å². The van der Waals surface area contributed by atoms with Gasteiger partial charge < -0.3 is 14.9 Å². The van der Waals surface area contributed by atoms with Crippen LogP contribution in [0.5, 0.6) is 0 Å². The van der Waals surface area contributed by atoms with E-state index in [0.29, 0.717) is 29.5 Å². The van der Waals surface area contributed by atoms with Gasteiger partial charge in [0.1, 0.15) is 0 Å². The number of hydrogen-bond acceptors (Lipinski definition) is 5. The average Bonchev–Trinajstić information content (AvgIpc) is 3.51. The highest BCUT2D eigenvalue weighted by Crippen LogP contribution is 2.55. The van der Waals surface area contributed by atoms with Crippen LogP contribution in [0.25, 0.3) is 10.8 Å². The minimum absolute atomic E-state index is 0.000216. The number of carbonyl (C=O) groups is 1. The van der Waals surface area contributed by atoms with Crippen LogP contribution in [0, 0.1) is 6.92 Å². The molecule has 0 radical (unpaired) electrons. The Bertz CT molecular complexity index is 1200. The lowest BCUT2D eigenvalue weighted by atomic mass is 9.82. The second-order valence-corrected chi connectivity index (χ2v) is 7.95. The zero-order chi connectivity index (χ0) is 22.4. The van der Waals surface area contributed by atoms with Gasteiger partial charge in [-0.2, -0.15) is 13.2 Å². The van der Waals surface area contributed by atoms with Crippen molar-refractivity contribution in [3.63, 3.8) is 0 Å². The second-order valence-electron chi connectivity index (χ2n) is 7.95. The van der Waals surface area contributed by atoms with E-state index >= 15 is 0 Å². The standard InChI is InChI=1S/C22H19F3N2O4/c1-13-17-11-15(7-8-16(17)18(28)31-27-13)26-19(29)21(30,22(23,24)25)12-20(9-10-20)14-5-3-2-4-6-14/h2-8,11,30H,9-10,12H2,1H3,(H,26,29). The van der Waals surface area contributed by atoms with Gasteiger partial charge in [-0.15, -0.1) is 0 Å². The van der Waals surface area contributed by atoms with E-state index in [1.165, 1.54) is 18.2 Å². The molecule has 9 heteroatoms. The highest BCUT2D eigenvalue weighted by Gasteiger charge is 2.64. The van der Waals surface area contributed by atoms with E-state index in [0.717, 1.165) is 0 Å². The topological polar surface area (TPSA) is 92.4 Å². The van der Waals surface area contributed by atoms with E-state index in [-0.39, 0.29) is 11.1 Å². The van der Waals surface area contributed by atoms with E-state index in [9.17, 15) is 27.9 Å². The van der Waals surface area contributed by atoms with Gasteiger partial charge in [0.2, 0.25) is 5.60 Å². The van der Waals surface area contributed by atoms with Crippen LogP contribution in [0.1, 0.15) is 30.5 Å². The van der Waals surface area contributed by atoms with E-state index in [4.69, 9.17) is 0 Å². The molecule has 0 aliphatic heterocycles. The highest BCUT2D eigenvalue weighted by atomic mass is 19.4. The summed E-state index contributed by atoms with van der Waals surface area (Å²) in [6.07, 6.45) is -5.08. The maximum absolute atomic E-state index is 13.9. The van der Waals surface area contributed by atoms with Crippen molar-refractivity contribution in [1.29, 1.82) is 0 Å². The Kier molecular flexibility index (Phi) is 4.88. The summed E-state index contributed by atoms with van der Waals surface area (Å²) < 4.78 is 46.4. The van der Waals surface area contributed by atoms with Crippen LogP contribution < -0.4 is 10.9 Å². The molecular formula is C22H19F3N2O4. The third kappa shape index (κ3) is 3.69. The summed E-state index contributed by atoms with van der Waals surface area (Å²) in [5.41, 5.74) is -4.21. The van der Waals surface area contributed by atoms with Crippen molar-refractivity contribution in [2.24, 2.45) is 0 Å². The molecule has 6 nitrogen and oxygen atoms in total. The first-order valence-corrected chi connectivity index (χ1v) is 9.62. The van der Waals surface area contributed by atoms with Crippen LogP contribution >= 0.6 is 0 Å². The van der Waals surface area contributed by atoms with Crippen LogP contribution in [0.4, 0.5) is 18.9 Å². The number of rotatable bonds is 5. The summed E-state index contributed by atoms with van der Waals surface area (Å²) in [6.45, 7) is 1.56. The molecule has 31 heavy (non-hydrogen) atoms. The molecule has 1 aromatic heterocycles. The van der Waals surface area contributed by atoms with Gasteiger partial charge in [-0.05, 0) is 48.9 Å². The Labute approximate surface area is 174 Å². The number of halogens is 3. The van der Waals surface area contributed by atoms with Gasteiger partial charge in [0.15, 0.2) is 0 Å². The number of amides is 1. The van der Waals surface area contributed by atoms with Crippen molar-refractivity contribution in [1.82, 2.24) is 5.16 Å². The Morgan fingerprint density at radius 3 is 2.45 bits per heavy atom. The first-order chi connectivity index (χ1) is 14.6. The molecule has 0 spiro atoms. The van der Waals surface area contributed by atoms with E-state index in [1.54, 1.807) is 37.3 Å². The number of aliphatic hydroxyl groups is 1. The molecule has 1 atom stereocenters. The molecule has 1 aliphatic rings.